The van der Waals surface area contributed by atoms with E-state index in [0.717, 1.165) is 0 Å². The second-order valence-corrected chi connectivity index (χ2v) is 4.02. The molecular weight excluding hydrogens is 262 g/mol. The van der Waals surface area contributed by atoms with Crippen molar-refractivity contribution in [3.05, 3.63) is 22.7 Å². The average molecular weight is 272 g/mol. The summed E-state index contributed by atoms with van der Waals surface area (Å²) < 4.78 is 11.0. The quantitative estimate of drug-likeness (QED) is 0.657. The zero-order valence-corrected chi connectivity index (χ0v) is 9.49. The molecule has 2 N–H and O–H groups in total. The van der Waals surface area contributed by atoms with Gasteiger partial charge in [0.15, 0.2) is 6.10 Å². The molecule has 0 saturated carbocycles. The minimum Gasteiger partial charge on any atom is -0.477 e. The number of halogens is 1. The smallest absolute Gasteiger partial charge is 0.347 e. The molecule has 1 aromatic rings. The summed E-state index contributed by atoms with van der Waals surface area (Å²) in [5, 5.41) is 0. The molecule has 1 aliphatic heterocycles. The van der Waals surface area contributed by atoms with Crippen LogP contribution in [0.2, 0.25) is 0 Å². The summed E-state index contributed by atoms with van der Waals surface area (Å²) in [6, 6.07) is 5.28. The van der Waals surface area contributed by atoms with E-state index in [4.69, 9.17) is 15.2 Å². The Hall–Kier alpha value is -1.23. The summed E-state index contributed by atoms with van der Waals surface area (Å²) >= 11 is 3.31. The molecular formula is C10H10BrNO3. The molecule has 5 heteroatoms. The lowest BCUT2D eigenvalue weighted by molar-refractivity contribution is -0.143. The zero-order valence-electron chi connectivity index (χ0n) is 7.90. The van der Waals surface area contributed by atoms with E-state index in [-0.39, 0.29) is 5.97 Å². The Bertz CT molecular complexity index is 394. The third-order valence-electron chi connectivity index (χ3n) is 2.15. The highest BCUT2D eigenvalue weighted by Gasteiger charge is 2.28. The standard InChI is InChI=1S/C10H10BrNO3/c11-9-6(12)2-1-3-7(9)15-8-4-5-14-10(8)13/h1-3,8H,4-5,12H2. The van der Waals surface area contributed by atoms with Crippen LogP contribution in [0.15, 0.2) is 22.7 Å². The predicted octanol–water partition coefficient (Wildman–Crippen LogP) is 1.73. The van der Waals surface area contributed by atoms with Crippen molar-refractivity contribution in [2.45, 2.75) is 12.5 Å². The molecule has 1 unspecified atom stereocenters. The third kappa shape index (κ3) is 2.07. The topological polar surface area (TPSA) is 61.6 Å². The van der Waals surface area contributed by atoms with E-state index in [0.29, 0.717) is 28.9 Å². The number of hydrogen-bond donors (Lipinski definition) is 1. The number of esters is 1. The van der Waals surface area contributed by atoms with E-state index < -0.39 is 6.10 Å². The van der Waals surface area contributed by atoms with Gasteiger partial charge in [0.1, 0.15) is 5.75 Å². The predicted molar refractivity (Wildman–Crippen MR) is 58.5 cm³/mol. The van der Waals surface area contributed by atoms with Gasteiger partial charge in [-0.3, -0.25) is 0 Å². The molecule has 1 fully saturated rings. The fourth-order valence-electron chi connectivity index (χ4n) is 1.36. The van der Waals surface area contributed by atoms with Crippen molar-refractivity contribution < 1.29 is 14.3 Å². The molecule has 1 aromatic carbocycles. The molecule has 0 radical (unpaired) electrons. The zero-order chi connectivity index (χ0) is 10.8. The van der Waals surface area contributed by atoms with Crippen LogP contribution in [0.25, 0.3) is 0 Å². The molecule has 0 bridgehead atoms. The van der Waals surface area contributed by atoms with E-state index in [1.165, 1.54) is 0 Å². The van der Waals surface area contributed by atoms with Gasteiger partial charge in [0.2, 0.25) is 0 Å². The molecule has 80 valence electrons. The summed E-state index contributed by atoms with van der Waals surface area (Å²) in [6.45, 7) is 0.420. The average Bonchev–Trinajstić information content (AvgIpc) is 2.60. The van der Waals surface area contributed by atoms with Crippen LogP contribution in [0.4, 0.5) is 5.69 Å². The van der Waals surface area contributed by atoms with Gasteiger partial charge in [-0.1, -0.05) is 6.07 Å². The lowest BCUT2D eigenvalue weighted by Crippen LogP contribution is -2.21. The maximum atomic E-state index is 11.2. The molecule has 1 aliphatic rings. The molecule has 1 saturated heterocycles. The van der Waals surface area contributed by atoms with Crippen LogP contribution >= 0.6 is 15.9 Å². The van der Waals surface area contributed by atoms with Crippen LogP contribution in [0.1, 0.15) is 6.42 Å². The van der Waals surface area contributed by atoms with Gasteiger partial charge in [0.05, 0.1) is 11.1 Å². The van der Waals surface area contributed by atoms with Crippen molar-refractivity contribution in [3.63, 3.8) is 0 Å². The molecule has 4 nitrogen and oxygen atoms in total. The largest absolute Gasteiger partial charge is 0.477 e. The lowest BCUT2D eigenvalue weighted by atomic mass is 10.3. The maximum Gasteiger partial charge on any atom is 0.347 e. The summed E-state index contributed by atoms with van der Waals surface area (Å²) in [4.78, 5) is 11.2. The van der Waals surface area contributed by atoms with Gasteiger partial charge in [-0.05, 0) is 28.1 Å². The van der Waals surface area contributed by atoms with Crippen LogP contribution in [0.5, 0.6) is 5.75 Å². The number of benzene rings is 1. The van der Waals surface area contributed by atoms with E-state index >= 15 is 0 Å². The van der Waals surface area contributed by atoms with Gasteiger partial charge in [0, 0.05) is 12.1 Å². The SMILES string of the molecule is Nc1cccc(OC2CCOC2=O)c1Br. The first kappa shape index (κ1) is 10.3. The summed E-state index contributed by atoms with van der Waals surface area (Å²) in [5.41, 5.74) is 6.27. The summed E-state index contributed by atoms with van der Waals surface area (Å²) in [7, 11) is 0. The van der Waals surface area contributed by atoms with Gasteiger partial charge < -0.3 is 15.2 Å². The second-order valence-electron chi connectivity index (χ2n) is 3.22. The lowest BCUT2D eigenvalue weighted by Gasteiger charge is -2.12. The van der Waals surface area contributed by atoms with Gasteiger partial charge >= 0.3 is 5.97 Å². The van der Waals surface area contributed by atoms with Crippen molar-refractivity contribution in [2.24, 2.45) is 0 Å². The number of cyclic esters (lactones) is 1. The van der Waals surface area contributed by atoms with Crippen LogP contribution in [0.3, 0.4) is 0 Å². The Labute approximate surface area is 95.5 Å². The minimum absolute atomic E-state index is 0.315. The number of rotatable bonds is 2. The number of ether oxygens (including phenoxy) is 2. The first-order valence-corrected chi connectivity index (χ1v) is 5.35. The molecule has 0 amide bonds. The molecule has 2 rings (SSSR count). The molecule has 15 heavy (non-hydrogen) atoms. The maximum absolute atomic E-state index is 11.2. The van der Waals surface area contributed by atoms with Crippen molar-refractivity contribution in [1.29, 1.82) is 0 Å². The number of hydrogen-bond acceptors (Lipinski definition) is 4. The van der Waals surface area contributed by atoms with Gasteiger partial charge in [0.25, 0.3) is 0 Å². The van der Waals surface area contributed by atoms with Crippen LogP contribution < -0.4 is 10.5 Å². The number of carbonyl (C=O) groups excluding carboxylic acids is 1. The number of anilines is 1. The van der Waals surface area contributed by atoms with Crippen molar-refractivity contribution in [1.82, 2.24) is 0 Å². The molecule has 0 aliphatic carbocycles. The van der Waals surface area contributed by atoms with Crippen molar-refractivity contribution in [3.8, 4) is 5.75 Å². The highest BCUT2D eigenvalue weighted by molar-refractivity contribution is 9.10. The first-order valence-electron chi connectivity index (χ1n) is 4.56. The van der Waals surface area contributed by atoms with Crippen LogP contribution in [0, 0.1) is 0 Å². The van der Waals surface area contributed by atoms with Crippen LogP contribution in [-0.4, -0.2) is 18.7 Å². The summed E-state index contributed by atoms with van der Waals surface area (Å²) in [5.74, 6) is 0.253. The van der Waals surface area contributed by atoms with E-state index in [2.05, 4.69) is 15.9 Å². The van der Waals surface area contributed by atoms with E-state index in [1.54, 1.807) is 18.2 Å². The highest BCUT2D eigenvalue weighted by Crippen LogP contribution is 2.31. The van der Waals surface area contributed by atoms with Crippen molar-refractivity contribution >= 4 is 27.6 Å². The monoisotopic (exact) mass is 271 g/mol. The van der Waals surface area contributed by atoms with Gasteiger partial charge in [-0.2, -0.15) is 0 Å². The molecule has 0 spiro atoms. The second kappa shape index (κ2) is 4.10. The number of carbonyl (C=O) groups is 1. The number of nitrogen functional groups attached to an aromatic ring is 1. The first-order chi connectivity index (χ1) is 7.18. The third-order valence-corrected chi connectivity index (χ3v) is 3.00. The van der Waals surface area contributed by atoms with E-state index in [1.807, 2.05) is 0 Å². The Morgan fingerprint density at radius 3 is 3.00 bits per heavy atom. The highest BCUT2D eigenvalue weighted by atomic mass is 79.9. The van der Waals surface area contributed by atoms with Gasteiger partial charge in [-0.25, -0.2) is 4.79 Å². The fourth-order valence-corrected chi connectivity index (χ4v) is 1.71. The van der Waals surface area contributed by atoms with Crippen LogP contribution in [-0.2, 0) is 9.53 Å². The Kier molecular flexibility index (Phi) is 2.81. The molecule has 1 heterocycles. The van der Waals surface area contributed by atoms with E-state index in [9.17, 15) is 4.79 Å². The number of nitrogens with two attached hydrogens (primary N) is 1. The molecule has 1 atom stereocenters. The summed E-state index contributed by atoms with van der Waals surface area (Å²) in [6.07, 6.45) is 0.0724. The minimum atomic E-state index is -0.511. The van der Waals surface area contributed by atoms with Crippen molar-refractivity contribution in [2.75, 3.05) is 12.3 Å². The van der Waals surface area contributed by atoms with Gasteiger partial charge in [-0.15, -0.1) is 0 Å². The fraction of sp³-hybridized carbons (Fsp3) is 0.300. The normalized spacial score (nSPS) is 20.1. The Balaban J connectivity index is 2.17. The Morgan fingerprint density at radius 2 is 2.33 bits per heavy atom. The molecule has 0 aromatic heterocycles. The Morgan fingerprint density at radius 1 is 1.53 bits per heavy atom.